The number of nitrogens with zero attached hydrogens (tertiary/aromatic N) is 1. The molecule has 0 N–H and O–H groups in total. The van der Waals surface area contributed by atoms with Gasteiger partial charge in [0.1, 0.15) is 4.87 Å². The average Bonchev–Trinajstić information content (AvgIpc) is 3.10. The van der Waals surface area contributed by atoms with E-state index in [0.717, 1.165) is 33.0 Å². The van der Waals surface area contributed by atoms with Crippen LogP contribution in [0.2, 0.25) is 0 Å². The van der Waals surface area contributed by atoms with Crippen molar-refractivity contribution < 1.29 is 9.59 Å². The summed E-state index contributed by atoms with van der Waals surface area (Å²) >= 11 is 7.47. The lowest BCUT2D eigenvalue weighted by Crippen LogP contribution is -2.50. The molecule has 4 aromatic carbocycles. The molecule has 2 amide bonds. The number of amides is 2. The Morgan fingerprint density at radius 1 is 0.688 bits per heavy atom. The molecule has 0 aromatic heterocycles. The summed E-state index contributed by atoms with van der Waals surface area (Å²) in [5.74, 6) is -1.67. The quantitative estimate of drug-likeness (QED) is 0.289. The summed E-state index contributed by atoms with van der Waals surface area (Å²) in [4.78, 5) is 28.1. The fourth-order valence-electron chi connectivity index (χ4n) is 6.25. The van der Waals surface area contributed by atoms with Crippen LogP contribution in [0.4, 0.5) is 5.69 Å². The minimum Gasteiger partial charge on any atom is -0.274 e. The fraction of sp³-hybridized carbons (Fsp3) is 0.143. The van der Waals surface area contributed by atoms with E-state index in [-0.39, 0.29) is 17.7 Å². The van der Waals surface area contributed by atoms with Crippen molar-refractivity contribution in [1.29, 1.82) is 0 Å². The van der Waals surface area contributed by atoms with Crippen LogP contribution < -0.4 is 4.90 Å². The summed E-state index contributed by atoms with van der Waals surface area (Å²) < 4.78 is 0. The number of rotatable bonds is 1. The van der Waals surface area contributed by atoms with Gasteiger partial charge in [0.05, 0.1) is 17.5 Å². The molecule has 3 aliphatic carbocycles. The molecule has 2 bridgehead atoms. The third-order valence-electron chi connectivity index (χ3n) is 7.51. The van der Waals surface area contributed by atoms with Gasteiger partial charge in [-0.3, -0.25) is 9.59 Å². The number of hydrogen-bond donors (Lipinski definition) is 0. The van der Waals surface area contributed by atoms with Crippen molar-refractivity contribution in [3.05, 3.63) is 113 Å². The third-order valence-corrected chi connectivity index (χ3v) is 8.15. The van der Waals surface area contributed by atoms with Crippen LogP contribution in [0.3, 0.4) is 0 Å². The number of carbonyl (C=O) groups is 2. The third kappa shape index (κ3) is 2.03. The number of alkyl halides is 1. The molecule has 1 heterocycles. The fourth-order valence-corrected chi connectivity index (χ4v) is 6.82. The van der Waals surface area contributed by atoms with Crippen molar-refractivity contribution in [2.24, 2.45) is 11.8 Å². The van der Waals surface area contributed by atoms with E-state index in [1.807, 2.05) is 78.9 Å². The lowest BCUT2D eigenvalue weighted by molar-refractivity contribution is -0.122. The Morgan fingerprint density at radius 3 is 1.97 bits per heavy atom. The van der Waals surface area contributed by atoms with Crippen LogP contribution in [0.5, 0.6) is 0 Å². The molecule has 154 valence electrons. The zero-order chi connectivity index (χ0) is 21.6. The maximum Gasteiger partial charge on any atom is 0.240 e. The van der Waals surface area contributed by atoms with Gasteiger partial charge in [-0.05, 0) is 45.2 Å². The van der Waals surface area contributed by atoms with E-state index < -0.39 is 16.7 Å². The van der Waals surface area contributed by atoms with Gasteiger partial charge in [0.15, 0.2) is 0 Å². The SMILES string of the molecule is O=C1[C@@H]2[C@@H](C(=O)N1c1ccc3ccccc3c1)C1c3ccccc3C2(Cl)c2ccccc21. The van der Waals surface area contributed by atoms with Crippen molar-refractivity contribution >= 4 is 39.9 Å². The van der Waals surface area contributed by atoms with Crippen molar-refractivity contribution in [2.45, 2.75) is 10.8 Å². The summed E-state index contributed by atoms with van der Waals surface area (Å²) in [5.41, 5.74) is 4.63. The van der Waals surface area contributed by atoms with E-state index in [2.05, 4.69) is 12.1 Å². The minimum atomic E-state index is -1.05. The summed E-state index contributed by atoms with van der Waals surface area (Å²) in [6.07, 6.45) is 0. The van der Waals surface area contributed by atoms with Crippen molar-refractivity contribution in [3.8, 4) is 0 Å². The van der Waals surface area contributed by atoms with Gasteiger partial charge in [-0.1, -0.05) is 78.9 Å². The second-order valence-corrected chi connectivity index (χ2v) is 9.51. The molecule has 1 fully saturated rings. The van der Waals surface area contributed by atoms with Gasteiger partial charge < -0.3 is 0 Å². The predicted octanol–water partition coefficient (Wildman–Crippen LogP) is 5.59. The second-order valence-electron chi connectivity index (χ2n) is 8.91. The number of anilines is 1. The lowest BCUT2D eigenvalue weighted by atomic mass is 9.54. The van der Waals surface area contributed by atoms with E-state index in [1.165, 1.54) is 4.90 Å². The number of imide groups is 1. The number of carbonyl (C=O) groups excluding carboxylic acids is 2. The van der Waals surface area contributed by atoms with Crippen molar-refractivity contribution in [3.63, 3.8) is 0 Å². The molecular weight excluding hydrogens is 418 g/mol. The zero-order valence-corrected chi connectivity index (χ0v) is 17.8. The highest BCUT2D eigenvalue weighted by molar-refractivity contribution is 6.33. The first kappa shape index (κ1) is 18.2. The normalized spacial score (nSPS) is 27.4. The van der Waals surface area contributed by atoms with Crippen LogP contribution in [0.15, 0.2) is 91.0 Å². The van der Waals surface area contributed by atoms with Crippen LogP contribution in [0.1, 0.15) is 28.2 Å². The van der Waals surface area contributed by atoms with Gasteiger partial charge in [0, 0.05) is 5.92 Å². The van der Waals surface area contributed by atoms with Crippen LogP contribution in [-0.4, -0.2) is 11.8 Å². The molecule has 1 saturated heterocycles. The van der Waals surface area contributed by atoms with Crippen molar-refractivity contribution in [1.82, 2.24) is 0 Å². The molecule has 1 aliphatic heterocycles. The zero-order valence-electron chi connectivity index (χ0n) is 17.0. The summed E-state index contributed by atoms with van der Waals surface area (Å²) in [6, 6.07) is 29.7. The molecule has 3 nitrogen and oxygen atoms in total. The second kappa shape index (κ2) is 6.08. The monoisotopic (exact) mass is 435 g/mol. The number of hydrogen-bond acceptors (Lipinski definition) is 2. The summed E-state index contributed by atoms with van der Waals surface area (Å²) in [6.45, 7) is 0. The average molecular weight is 436 g/mol. The molecule has 2 atom stereocenters. The van der Waals surface area contributed by atoms with Gasteiger partial charge in [-0.2, -0.15) is 0 Å². The largest absolute Gasteiger partial charge is 0.274 e. The number of benzene rings is 4. The topological polar surface area (TPSA) is 37.4 Å². The molecule has 4 aromatic rings. The Hall–Kier alpha value is -3.43. The highest BCUT2D eigenvalue weighted by Crippen LogP contribution is 2.65. The maximum atomic E-state index is 13.9. The minimum absolute atomic E-state index is 0.158. The van der Waals surface area contributed by atoms with E-state index >= 15 is 0 Å². The summed E-state index contributed by atoms with van der Waals surface area (Å²) in [7, 11) is 0. The summed E-state index contributed by atoms with van der Waals surface area (Å²) in [5, 5.41) is 2.07. The van der Waals surface area contributed by atoms with Gasteiger partial charge in [-0.25, -0.2) is 4.90 Å². The molecule has 0 spiro atoms. The molecule has 4 aliphatic rings. The molecule has 4 heteroatoms. The highest BCUT2D eigenvalue weighted by atomic mass is 35.5. The Labute approximate surface area is 190 Å². The molecular formula is C28H18ClNO2. The molecule has 0 radical (unpaired) electrons. The maximum absolute atomic E-state index is 13.9. The standard InChI is InChI=1S/C28H18ClNO2/c29-28-21-11-5-3-9-19(21)23(20-10-4-6-12-22(20)28)24-25(28)27(32)30(26(24)31)18-14-13-16-7-1-2-8-17(16)15-18/h1-15,23-25H/t23?,24-,25-,28?/m0/s1. The Balaban J connectivity index is 1.46. The van der Waals surface area contributed by atoms with Crippen molar-refractivity contribution in [2.75, 3.05) is 4.90 Å². The highest BCUT2D eigenvalue weighted by Gasteiger charge is 2.67. The predicted molar refractivity (Wildman–Crippen MR) is 125 cm³/mol. The Kier molecular flexibility index (Phi) is 3.45. The van der Waals surface area contributed by atoms with Crippen LogP contribution in [0.25, 0.3) is 10.8 Å². The Bertz CT molecular complexity index is 1430. The number of halogens is 1. The Morgan fingerprint density at radius 2 is 1.28 bits per heavy atom. The first-order valence-electron chi connectivity index (χ1n) is 10.8. The smallest absolute Gasteiger partial charge is 0.240 e. The van der Waals surface area contributed by atoms with E-state index in [9.17, 15) is 9.59 Å². The van der Waals surface area contributed by atoms with Gasteiger partial charge >= 0.3 is 0 Å². The van der Waals surface area contributed by atoms with Crippen LogP contribution in [0, 0.1) is 11.8 Å². The number of fused-ring (bicyclic) bond motifs is 1. The van der Waals surface area contributed by atoms with Gasteiger partial charge in [0.2, 0.25) is 11.8 Å². The first-order chi connectivity index (χ1) is 15.6. The van der Waals surface area contributed by atoms with E-state index in [0.29, 0.717) is 5.69 Å². The van der Waals surface area contributed by atoms with Gasteiger partial charge in [0.25, 0.3) is 0 Å². The van der Waals surface area contributed by atoms with E-state index in [1.54, 1.807) is 0 Å². The molecule has 32 heavy (non-hydrogen) atoms. The van der Waals surface area contributed by atoms with Gasteiger partial charge in [-0.15, -0.1) is 11.6 Å². The molecule has 0 saturated carbocycles. The van der Waals surface area contributed by atoms with Crippen LogP contribution in [-0.2, 0) is 14.5 Å². The lowest BCUT2D eigenvalue weighted by Gasteiger charge is -2.50. The first-order valence-corrected chi connectivity index (χ1v) is 11.2. The molecule has 0 unspecified atom stereocenters. The van der Waals surface area contributed by atoms with Crippen LogP contribution >= 0.6 is 11.6 Å². The molecule has 8 rings (SSSR count). The van der Waals surface area contributed by atoms with E-state index in [4.69, 9.17) is 11.6 Å².